The number of amides is 1. The lowest BCUT2D eigenvalue weighted by Gasteiger charge is -2.37. The first-order chi connectivity index (χ1) is 16.5. The minimum atomic E-state index is -0.750. The van der Waals surface area contributed by atoms with E-state index < -0.39 is 6.10 Å². The maximum atomic E-state index is 13.4. The lowest BCUT2D eigenvalue weighted by atomic mass is 10.0. The number of ether oxygens (including phenoxy) is 3. The van der Waals surface area contributed by atoms with Crippen molar-refractivity contribution in [2.75, 3.05) is 53.1 Å². The Balaban J connectivity index is 1.67. The molecule has 8 heteroatoms. The smallest absolute Gasteiger partial charge is 0.237 e. The molecule has 1 amide bonds. The average molecular weight is 485 g/mol. The molecule has 0 aliphatic carbocycles. The Morgan fingerprint density at radius 1 is 1.38 bits per heavy atom. The van der Waals surface area contributed by atoms with Gasteiger partial charge in [-0.05, 0) is 47.7 Å². The van der Waals surface area contributed by atoms with Gasteiger partial charge in [-0.3, -0.25) is 9.69 Å². The number of methoxy groups -OCH3 is 1. The van der Waals surface area contributed by atoms with Crippen LogP contribution < -0.4 is 9.47 Å². The largest absolute Gasteiger partial charge is 0.497 e. The number of carbonyl (C=O) groups is 1. The molecule has 2 aromatic rings. The molecule has 0 unspecified atom stereocenters. The molecule has 2 heterocycles. The molecule has 0 saturated carbocycles. The summed E-state index contributed by atoms with van der Waals surface area (Å²) in [6.45, 7) is 5.94. The molecule has 0 bridgehead atoms. The van der Waals surface area contributed by atoms with Crippen molar-refractivity contribution < 1.29 is 24.1 Å². The van der Waals surface area contributed by atoms with Crippen LogP contribution in [-0.4, -0.2) is 80.0 Å². The molecule has 2 atom stereocenters. The summed E-state index contributed by atoms with van der Waals surface area (Å²) >= 11 is 1.71. The van der Waals surface area contributed by atoms with Crippen LogP contribution in [0.5, 0.6) is 11.5 Å². The zero-order valence-electron chi connectivity index (χ0n) is 19.5. The van der Waals surface area contributed by atoms with E-state index in [0.29, 0.717) is 19.7 Å². The Morgan fingerprint density at radius 2 is 2.15 bits per heavy atom. The standard InChI is InChI=1S/C26H32N2O5S/c1-4-12-27(16-20(29)18-32-14-5-2)17-26(30)28-13-10-25-23(11-15-34-25)24(28)19-33-22-8-6-21(31-3)7-9-22/h2,4,6-9,11,15,20,24,29H,1,10,12-14,16-19H2,3H3/t20-,24-/m0/s1. The number of carbonyl (C=O) groups excluding carboxylic acids is 1. The predicted octanol–water partition coefficient (Wildman–Crippen LogP) is 2.76. The monoisotopic (exact) mass is 484 g/mol. The number of hydrogen-bond donors (Lipinski definition) is 1. The molecule has 182 valence electrons. The summed E-state index contributed by atoms with van der Waals surface area (Å²) < 4.78 is 16.5. The number of benzene rings is 1. The molecule has 0 fully saturated rings. The van der Waals surface area contributed by atoms with Gasteiger partial charge in [0, 0.05) is 24.5 Å². The highest BCUT2D eigenvalue weighted by Gasteiger charge is 2.33. The van der Waals surface area contributed by atoms with Crippen molar-refractivity contribution in [2.24, 2.45) is 0 Å². The van der Waals surface area contributed by atoms with Gasteiger partial charge >= 0.3 is 0 Å². The molecule has 0 spiro atoms. The summed E-state index contributed by atoms with van der Waals surface area (Å²) in [6, 6.07) is 9.31. The number of nitrogens with zero attached hydrogens (tertiary/aromatic N) is 2. The Hall–Kier alpha value is -2.83. The SMILES string of the molecule is C#CCOC[C@@H](O)CN(CC=C)CC(=O)N1CCc2sccc2[C@@H]1COc1ccc(OC)cc1. The van der Waals surface area contributed by atoms with E-state index in [0.717, 1.165) is 23.5 Å². The number of aliphatic hydroxyl groups is 1. The van der Waals surface area contributed by atoms with Gasteiger partial charge in [-0.2, -0.15) is 0 Å². The van der Waals surface area contributed by atoms with E-state index in [1.165, 1.54) is 4.88 Å². The molecule has 0 saturated heterocycles. The molecule has 0 radical (unpaired) electrons. The maximum Gasteiger partial charge on any atom is 0.237 e. The summed E-state index contributed by atoms with van der Waals surface area (Å²) in [6.07, 6.45) is 6.97. The van der Waals surface area contributed by atoms with Gasteiger partial charge in [0.2, 0.25) is 5.91 Å². The average Bonchev–Trinajstić information content (AvgIpc) is 3.32. The molecular formula is C26H32N2O5S. The van der Waals surface area contributed by atoms with E-state index in [-0.39, 0.29) is 38.3 Å². The molecule has 1 aromatic heterocycles. The third kappa shape index (κ3) is 7.08. The van der Waals surface area contributed by atoms with E-state index in [2.05, 4.69) is 23.9 Å². The molecule has 1 N–H and O–H groups in total. The van der Waals surface area contributed by atoms with Crippen LogP contribution in [0.25, 0.3) is 0 Å². The first-order valence-corrected chi connectivity index (χ1v) is 12.1. The lowest BCUT2D eigenvalue weighted by molar-refractivity contribution is -0.136. The van der Waals surface area contributed by atoms with Crippen LogP contribution in [0.3, 0.4) is 0 Å². The summed E-state index contributed by atoms with van der Waals surface area (Å²) in [5.74, 6) is 3.84. The van der Waals surface area contributed by atoms with Gasteiger partial charge in [-0.25, -0.2) is 0 Å². The molecule has 1 aromatic carbocycles. The van der Waals surface area contributed by atoms with Crippen LogP contribution in [0.1, 0.15) is 16.5 Å². The van der Waals surface area contributed by atoms with Gasteiger partial charge in [0.25, 0.3) is 0 Å². The van der Waals surface area contributed by atoms with E-state index in [9.17, 15) is 9.90 Å². The van der Waals surface area contributed by atoms with Crippen molar-refractivity contribution in [3.8, 4) is 23.8 Å². The fourth-order valence-electron chi connectivity index (χ4n) is 3.99. The van der Waals surface area contributed by atoms with Gasteiger partial charge in [-0.15, -0.1) is 24.3 Å². The summed E-state index contributed by atoms with van der Waals surface area (Å²) in [5, 5.41) is 12.3. The second-order valence-electron chi connectivity index (χ2n) is 7.99. The zero-order chi connectivity index (χ0) is 24.3. The van der Waals surface area contributed by atoms with Gasteiger partial charge in [0.1, 0.15) is 24.7 Å². The number of thiophene rings is 1. The number of fused-ring (bicyclic) bond motifs is 1. The second-order valence-corrected chi connectivity index (χ2v) is 9.00. The van der Waals surface area contributed by atoms with Crippen LogP contribution in [0.2, 0.25) is 0 Å². The molecular weight excluding hydrogens is 452 g/mol. The topological polar surface area (TPSA) is 71.5 Å². The van der Waals surface area contributed by atoms with E-state index in [1.807, 2.05) is 34.1 Å². The Morgan fingerprint density at radius 3 is 2.85 bits per heavy atom. The van der Waals surface area contributed by atoms with E-state index in [1.54, 1.807) is 24.5 Å². The highest BCUT2D eigenvalue weighted by atomic mass is 32.1. The first kappa shape index (κ1) is 25.8. The van der Waals surface area contributed by atoms with Crippen LogP contribution in [-0.2, 0) is 16.0 Å². The third-order valence-corrected chi connectivity index (χ3v) is 6.59. The summed E-state index contributed by atoms with van der Waals surface area (Å²) in [5.41, 5.74) is 1.14. The summed E-state index contributed by atoms with van der Waals surface area (Å²) in [4.78, 5) is 18.4. The maximum absolute atomic E-state index is 13.4. The number of hydrogen-bond acceptors (Lipinski definition) is 7. The van der Waals surface area contributed by atoms with Crippen LogP contribution in [0.4, 0.5) is 0 Å². The fourth-order valence-corrected chi connectivity index (χ4v) is 4.92. The van der Waals surface area contributed by atoms with Crippen molar-refractivity contribution in [3.63, 3.8) is 0 Å². The minimum Gasteiger partial charge on any atom is -0.497 e. The van der Waals surface area contributed by atoms with Crippen molar-refractivity contribution in [2.45, 2.75) is 18.6 Å². The van der Waals surface area contributed by atoms with Crippen molar-refractivity contribution in [1.29, 1.82) is 0 Å². The Bertz CT molecular complexity index is 968. The van der Waals surface area contributed by atoms with Crippen LogP contribution in [0.15, 0.2) is 48.4 Å². The van der Waals surface area contributed by atoms with Gasteiger partial charge in [-0.1, -0.05) is 12.0 Å². The van der Waals surface area contributed by atoms with Crippen molar-refractivity contribution in [3.05, 3.63) is 58.8 Å². The predicted molar refractivity (Wildman–Crippen MR) is 133 cm³/mol. The number of terminal acetylenes is 1. The fraction of sp³-hybridized carbons (Fsp3) is 0.423. The Labute approximate surface area is 205 Å². The lowest BCUT2D eigenvalue weighted by Crippen LogP contribution is -2.48. The Kier molecular flexibility index (Phi) is 9.98. The highest BCUT2D eigenvalue weighted by molar-refractivity contribution is 7.10. The third-order valence-electron chi connectivity index (χ3n) is 5.59. The van der Waals surface area contributed by atoms with Crippen molar-refractivity contribution >= 4 is 17.2 Å². The second kappa shape index (κ2) is 13.2. The first-order valence-electron chi connectivity index (χ1n) is 11.2. The van der Waals surface area contributed by atoms with Gasteiger partial charge in [0.15, 0.2) is 0 Å². The molecule has 1 aliphatic heterocycles. The summed E-state index contributed by atoms with van der Waals surface area (Å²) in [7, 11) is 1.62. The molecule has 1 aliphatic rings. The van der Waals surface area contributed by atoms with E-state index >= 15 is 0 Å². The van der Waals surface area contributed by atoms with Crippen LogP contribution in [0, 0.1) is 12.3 Å². The zero-order valence-corrected chi connectivity index (χ0v) is 20.3. The number of rotatable bonds is 13. The van der Waals surface area contributed by atoms with Crippen molar-refractivity contribution in [1.82, 2.24) is 9.80 Å². The van der Waals surface area contributed by atoms with Crippen LogP contribution >= 0.6 is 11.3 Å². The van der Waals surface area contributed by atoms with E-state index in [4.69, 9.17) is 20.6 Å². The molecule has 7 nitrogen and oxygen atoms in total. The normalized spacial score (nSPS) is 15.9. The van der Waals surface area contributed by atoms with Gasteiger partial charge in [0.05, 0.1) is 32.4 Å². The number of aliphatic hydroxyl groups excluding tert-OH is 1. The minimum absolute atomic E-state index is 0.0150. The quantitative estimate of drug-likeness (QED) is 0.268. The van der Waals surface area contributed by atoms with Gasteiger partial charge < -0.3 is 24.2 Å². The molecule has 3 rings (SSSR count). The highest BCUT2D eigenvalue weighted by Crippen LogP contribution is 2.34. The molecule has 34 heavy (non-hydrogen) atoms.